The largest absolute Gasteiger partial charge is 0.466 e. The molecule has 0 saturated heterocycles. The van der Waals surface area contributed by atoms with Gasteiger partial charge in [-0.05, 0) is 30.0 Å². The summed E-state index contributed by atoms with van der Waals surface area (Å²) in [5.74, 6) is -1.25. The number of amides is 1. The highest BCUT2D eigenvalue weighted by Gasteiger charge is 2.41. The Balaban J connectivity index is 1.62. The number of nitrogens with zero attached hydrogens (tertiary/aromatic N) is 3. The Kier molecular flexibility index (Phi) is 6.36. The Hall–Kier alpha value is -3.46. The summed E-state index contributed by atoms with van der Waals surface area (Å²) in [5, 5.41) is 5.26. The van der Waals surface area contributed by atoms with Crippen molar-refractivity contribution in [3.05, 3.63) is 88.1 Å². The van der Waals surface area contributed by atoms with E-state index >= 15 is 0 Å². The zero-order valence-corrected chi connectivity index (χ0v) is 18.4. The molecule has 3 heterocycles. The number of ether oxygens (including phenoxy) is 1. The number of hydrogen-bond donors (Lipinski definition) is 1. The first-order valence-electron chi connectivity index (χ1n) is 9.92. The Bertz CT molecular complexity index is 1150. The van der Waals surface area contributed by atoms with Crippen LogP contribution in [-0.4, -0.2) is 34.0 Å². The second kappa shape index (κ2) is 9.35. The Morgan fingerprint density at radius 1 is 1.25 bits per heavy atom. The summed E-state index contributed by atoms with van der Waals surface area (Å²) >= 11 is 1.34. The van der Waals surface area contributed by atoms with E-state index in [1.807, 2.05) is 11.5 Å². The molecule has 1 N–H and O–H groups in total. The molecule has 1 unspecified atom stereocenters. The van der Waals surface area contributed by atoms with Crippen LogP contribution < -0.4 is 5.32 Å². The summed E-state index contributed by atoms with van der Waals surface area (Å²) in [7, 11) is 1.28. The van der Waals surface area contributed by atoms with E-state index in [2.05, 4.69) is 15.3 Å². The predicted octanol–water partition coefficient (Wildman–Crippen LogP) is 3.68. The van der Waals surface area contributed by atoms with Crippen LogP contribution in [0.4, 0.5) is 4.39 Å². The first kappa shape index (κ1) is 21.8. The summed E-state index contributed by atoms with van der Waals surface area (Å²) < 4.78 is 19.8. The normalized spacial score (nSPS) is 17.5. The van der Waals surface area contributed by atoms with Crippen LogP contribution in [0.3, 0.4) is 0 Å². The first-order chi connectivity index (χ1) is 15.5. The quantitative estimate of drug-likeness (QED) is 0.674. The minimum atomic E-state index is -0.788. The number of nitrogens with one attached hydrogen (secondary N) is 1. The smallest absolute Gasteiger partial charge is 0.338 e. The number of rotatable bonds is 6. The molecule has 7 nitrogen and oxygen atoms in total. The maximum absolute atomic E-state index is 14.8. The van der Waals surface area contributed by atoms with Gasteiger partial charge in [0.15, 0.2) is 5.17 Å². The molecule has 32 heavy (non-hydrogen) atoms. The Morgan fingerprint density at radius 2 is 2.06 bits per heavy atom. The number of halogens is 1. The van der Waals surface area contributed by atoms with Crippen molar-refractivity contribution in [2.75, 3.05) is 7.11 Å². The average Bonchev–Trinajstić information content (AvgIpc) is 3.19. The first-order valence-corrected chi connectivity index (χ1v) is 10.8. The van der Waals surface area contributed by atoms with Gasteiger partial charge in [-0.25, -0.2) is 14.2 Å². The number of aromatic nitrogens is 1. The Labute approximate surface area is 189 Å². The molecule has 2 aliphatic rings. The molecular formula is C23H21FN4O3S. The SMILES string of the molecule is COC(=O)C1=C(C)N=C2SC=C(CC(=O)NCc3cccnc3)N2C1c1ccccc1F. The molecule has 164 valence electrons. The molecule has 4 rings (SSSR count). The summed E-state index contributed by atoms with van der Waals surface area (Å²) in [4.78, 5) is 35.6. The van der Waals surface area contributed by atoms with Crippen molar-refractivity contribution in [3.63, 3.8) is 0 Å². The molecule has 0 spiro atoms. The standard InChI is InChI=1S/C23H21FN4O3S/c1-14-20(22(30)31-2)21(17-7-3-4-8-18(17)24)28-16(13-32-23(28)27-14)10-19(29)26-12-15-6-5-9-25-11-15/h3-9,11,13,21H,10,12H2,1-2H3,(H,26,29). The summed E-state index contributed by atoms with van der Waals surface area (Å²) in [5.41, 5.74) is 2.51. The second-order valence-corrected chi connectivity index (χ2v) is 8.06. The number of carbonyl (C=O) groups excluding carboxylic acids is 2. The molecule has 2 aromatic rings. The number of pyridine rings is 1. The molecule has 0 fully saturated rings. The zero-order chi connectivity index (χ0) is 22.7. The molecule has 1 aromatic heterocycles. The molecule has 0 aliphatic carbocycles. The van der Waals surface area contributed by atoms with Gasteiger partial charge in [0.2, 0.25) is 5.91 Å². The lowest BCUT2D eigenvalue weighted by Crippen LogP contribution is -2.38. The van der Waals surface area contributed by atoms with Gasteiger partial charge >= 0.3 is 5.97 Å². The summed E-state index contributed by atoms with van der Waals surface area (Å²) in [6.45, 7) is 2.04. The van der Waals surface area contributed by atoms with Gasteiger partial charge in [-0.15, -0.1) is 0 Å². The maximum Gasteiger partial charge on any atom is 0.338 e. The van der Waals surface area contributed by atoms with Crippen molar-refractivity contribution in [3.8, 4) is 0 Å². The molecule has 1 atom stereocenters. The van der Waals surface area contributed by atoms with E-state index in [1.54, 1.807) is 48.5 Å². The molecular weight excluding hydrogens is 431 g/mol. The maximum atomic E-state index is 14.8. The Morgan fingerprint density at radius 3 is 2.78 bits per heavy atom. The monoisotopic (exact) mass is 452 g/mol. The summed E-state index contributed by atoms with van der Waals surface area (Å²) in [6.07, 6.45) is 3.40. The van der Waals surface area contributed by atoms with E-state index in [1.165, 1.54) is 24.9 Å². The van der Waals surface area contributed by atoms with Gasteiger partial charge < -0.3 is 15.0 Å². The van der Waals surface area contributed by atoms with E-state index in [0.717, 1.165) is 5.56 Å². The molecule has 0 saturated carbocycles. The van der Waals surface area contributed by atoms with Crippen LogP contribution >= 0.6 is 11.8 Å². The van der Waals surface area contributed by atoms with Crippen LogP contribution in [0.2, 0.25) is 0 Å². The van der Waals surface area contributed by atoms with Gasteiger partial charge in [0.1, 0.15) is 5.82 Å². The number of fused-ring (bicyclic) bond motifs is 1. The highest BCUT2D eigenvalue weighted by atomic mass is 32.2. The van der Waals surface area contributed by atoms with Gasteiger partial charge in [-0.2, -0.15) is 0 Å². The fourth-order valence-electron chi connectivity index (χ4n) is 3.66. The highest BCUT2D eigenvalue weighted by Crippen LogP contribution is 2.45. The van der Waals surface area contributed by atoms with E-state index in [9.17, 15) is 14.0 Å². The number of esters is 1. The lowest BCUT2D eigenvalue weighted by atomic mass is 9.93. The van der Waals surface area contributed by atoms with Crippen LogP contribution in [0.15, 0.2) is 76.2 Å². The summed E-state index contributed by atoms with van der Waals surface area (Å²) in [6, 6.07) is 9.16. The van der Waals surface area contributed by atoms with Crippen molar-refractivity contribution < 1.29 is 18.7 Å². The fourth-order valence-corrected chi connectivity index (χ4v) is 4.63. The number of aliphatic imine (C=N–C) groups is 1. The number of methoxy groups -OCH3 is 1. The van der Waals surface area contributed by atoms with Crippen molar-refractivity contribution in [1.82, 2.24) is 15.2 Å². The predicted molar refractivity (Wildman–Crippen MR) is 120 cm³/mol. The fraction of sp³-hybridized carbons (Fsp3) is 0.217. The molecule has 0 bridgehead atoms. The minimum Gasteiger partial charge on any atom is -0.466 e. The van der Waals surface area contributed by atoms with Crippen LogP contribution in [0, 0.1) is 5.82 Å². The third-order valence-electron chi connectivity index (χ3n) is 5.16. The van der Waals surface area contributed by atoms with Crippen molar-refractivity contribution in [2.24, 2.45) is 4.99 Å². The number of amidine groups is 1. The molecule has 1 aromatic carbocycles. The van der Waals surface area contributed by atoms with Crippen molar-refractivity contribution in [2.45, 2.75) is 25.9 Å². The van der Waals surface area contributed by atoms with Gasteiger partial charge in [-0.3, -0.25) is 9.78 Å². The average molecular weight is 453 g/mol. The number of hydrogen-bond acceptors (Lipinski definition) is 7. The topological polar surface area (TPSA) is 83.9 Å². The number of carbonyl (C=O) groups is 2. The van der Waals surface area contributed by atoms with Crippen molar-refractivity contribution in [1.29, 1.82) is 0 Å². The number of allylic oxidation sites excluding steroid dienone is 1. The molecule has 1 amide bonds. The van der Waals surface area contributed by atoms with E-state index < -0.39 is 17.8 Å². The number of thioether (sulfide) groups is 1. The second-order valence-electron chi connectivity index (χ2n) is 7.22. The van der Waals surface area contributed by atoms with Gasteiger partial charge in [0.25, 0.3) is 0 Å². The van der Waals surface area contributed by atoms with Crippen LogP contribution in [0.1, 0.15) is 30.5 Å². The van der Waals surface area contributed by atoms with Gasteiger partial charge in [-0.1, -0.05) is 36.0 Å². The third-order valence-corrected chi connectivity index (χ3v) is 6.05. The highest BCUT2D eigenvalue weighted by molar-refractivity contribution is 8.16. The number of benzene rings is 1. The van der Waals surface area contributed by atoms with Crippen molar-refractivity contribution >= 4 is 28.8 Å². The van der Waals surface area contributed by atoms with E-state index in [-0.39, 0.29) is 17.9 Å². The van der Waals surface area contributed by atoms with Gasteiger partial charge in [0.05, 0.1) is 30.8 Å². The lowest BCUT2D eigenvalue weighted by molar-refractivity contribution is -0.136. The van der Waals surface area contributed by atoms with Crippen LogP contribution in [0.5, 0.6) is 0 Å². The minimum absolute atomic E-state index is 0.0464. The molecule has 0 radical (unpaired) electrons. The molecule has 9 heteroatoms. The zero-order valence-electron chi connectivity index (χ0n) is 17.5. The van der Waals surface area contributed by atoms with Crippen LogP contribution in [-0.2, 0) is 20.9 Å². The molecule has 2 aliphatic heterocycles. The lowest BCUT2D eigenvalue weighted by Gasteiger charge is -2.36. The van der Waals surface area contributed by atoms with Crippen LogP contribution in [0.25, 0.3) is 0 Å². The van der Waals surface area contributed by atoms with E-state index in [4.69, 9.17) is 4.74 Å². The third kappa shape index (κ3) is 4.29. The van der Waals surface area contributed by atoms with E-state index in [0.29, 0.717) is 28.7 Å². The van der Waals surface area contributed by atoms with Gasteiger partial charge in [0, 0.05) is 30.2 Å².